The lowest BCUT2D eigenvalue weighted by molar-refractivity contribution is -0.137. The molecule has 0 atom stereocenters. The van der Waals surface area contributed by atoms with Gasteiger partial charge in [-0.2, -0.15) is 13.2 Å². The Labute approximate surface area is 152 Å². The van der Waals surface area contributed by atoms with Gasteiger partial charge in [0, 0.05) is 11.3 Å². The van der Waals surface area contributed by atoms with Crippen LogP contribution in [0.15, 0.2) is 42.5 Å². The number of hydrogen-bond acceptors (Lipinski definition) is 1. The zero-order valence-corrected chi connectivity index (χ0v) is 14.1. The van der Waals surface area contributed by atoms with Gasteiger partial charge in [0.25, 0.3) is 0 Å². The molecule has 0 fully saturated rings. The molecule has 2 amide bonds. The number of benzene rings is 2. The van der Waals surface area contributed by atoms with Crippen molar-refractivity contribution in [3.8, 4) is 11.8 Å². The molecule has 0 bridgehead atoms. The van der Waals surface area contributed by atoms with Crippen LogP contribution < -0.4 is 10.6 Å². The van der Waals surface area contributed by atoms with Gasteiger partial charge in [0.1, 0.15) is 0 Å². The van der Waals surface area contributed by atoms with E-state index in [1.807, 2.05) is 0 Å². The third-order valence-electron chi connectivity index (χ3n) is 2.94. The summed E-state index contributed by atoms with van der Waals surface area (Å²) in [4.78, 5) is 11.7. The highest BCUT2D eigenvalue weighted by atomic mass is 35.5. The van der Waals surface area contributed by atoms with Crippen LogP contribution in [0.25, 0.3) is 0 Å². The first-order valence-electron chi connectivity index (χ1n) is 6.92. The van der Waals surface area contributed by atoms with Crippen LogP contribution in [0.1, 0.15) is 11.1 Å². The zero-order chi connectivity index (χ0) is 18.4. The van der Waals surface area contributed by atoms with Gasteiger partial charge in [-0.15, -0.1) is 0 Å². The number of hydrogen-bond donors (Lipinski definition) is 2. The summed E-state index contributed by atoms with van der Waals surface area (Å²) in [5.41, 5.74) is -0.121. The van der Waals surface area contributed by atoms with Gasteiger partial charge >= 0.3 is 12.2 Å². The average molecular weight is 387 g/mol. The number of anilines is 1. The van der Waals surface area contributed by atoms with Gasteiger partial charge < -0.3 is 10.6 Å². The zero-order valence-electron chi connectivity index (χ0n) is 12.5. The second kappa shape index (κ2) is 8.15. The second-order valence-electron chi connectivity index (χ2n) is 4.82. The molecule has 0 aliphatic rings. The number of urea groups is 1. The largest absolute Gasteiger partial charge is 0.416 e. The Morgan fingerprint density at radius 3 is 2.52 bits per heavy atom. The predicted octanol–water partition coefficient (Wildman–Crippen LogP) is 5.19. The van der Waals surface area contributed by atoms with Crippen molar-refractivity contribution in [2.45, 2.75) is 6.18 Å². The summed E-state index contributed by atoms with van der Waals surface area (Å²) in [6.07, 6.45) is -4.42. The highest BCUT2D eigenvalue weighted by Crippen LogP contribution is 2.29. The molecule has 0 heterocycles. The highest BCUT2D eigenvalue weighted by molar-refractivity contribution is 6.42. The van der Waals surface area contributed by atoms with Crippen LogP contribution in [0.4, 0.5) is 23.7 Å². The summed E-state index contributed by atoms with van der Waals surface area (Å²) in [5, 5.41) is 5.64. The van der Waals surface area contributed by atoms with Crippen molar-refractivity contribution in [3.05, 3.63) is 63.6 Å². The highest BCUT2D eigenvalue weighted by Gasteiger charge is 2.30. The number of carbonyl (C=O) groups excluding carboxylic acids is 1. The first kappa shape index (κ1) is 19.0. The number of amides is 2. The molecule has 0 unspecified atom stereocenters. The summed E-state index contributed by atoms with van der Waals surface area (Å²) in [6, 6.07) is 8.70. The van der Waals surface area contributed by atoms with Gasteiger partial charge in [-0.3, -0.25) is 0 Å². The van der Waals surface area contributed by atoms with Gasteiger partial charge in [0.05, 0.1) is 22.2 Å². The Hall–Kier alpha value is -2.36. The molecule has 0 aliphatic carbocycles. The van der Waals surface area contributed by atoms with Crippen molar-refractivity contribution in [1.82, 2.24) is 5.32 Å². The Balaban J connectivity index is 1.89. The van der Waals surface area contributed by atoms with Crippen LogP contribution in [0.3, 0.4) is 0 Å². The van der Waals surface area contributed by atoms with Gasteiger partial charge in [-0.25, -0.2) is 4.79 Å². The van der Waals surface area contributed by atoms with E-state index in [0.29, 0.717) is 15.7 Å². The van der Waals surface area contributed by atoms with Crippen molar-refractivity contribution >= 4 is 34.9 Å². The molecule has 25 heavy (non-hydrogen) atoms. The van der Waals surface area contributed by atoms with Crippen molar-refractivity contribution in [3.63, 3.8) is 0 Å². The topological polar surface area (TPSA) is 41.1 Å². The fourth-order valence-electron chi connectivity index (χ4n) is 1.79. The molecule has 0 saturated heterocycles. The quantitative estimate of drug-likeness (QED) is 0.685. The Kier molecular flexibility index (Phi) is 6.18. The molecule has 2 N–H and O–H groups in total. The summed E-state index contributed by atoms with van der Waals surface area (Å²) >= 11 is 11.6. The second-order valence-corrected chi connectivity index (χ2v) is 5.63. The van der Waals surface area contributed by atoms with E-state index >= 15 is 0 Å². The van der Waals surface area contributed by atoms with Crippen LogP contribution in [0, 0.1) is 11.8 Å². The van der Waals surface area contributed by atoms with E-state index in [-0.39, 0.29) is 12.1 Å². The molecule has 2 aromatic rings. The maximum absolute atomic E-state index is 12.6. The molecule has 0 spiro atoms. The smallest absolute Gasteiger partial charge is 0.327 e. The normalized spacial score (nSPS) is 10.6. The van der Waals surface area contributed by atoms with E-state index in [4.69, 9.17) is 23.2 Å². The van der Waals surface area contributed by atoms with Gasteiger partial charge in [0.2, 0.25) is 0 Å². The first-order chi connectivity index (χ1) is 11.8. The van der Waals surface area contributed by atoms with E-state index in [2.05, 4.69) is 22.5 Å². The van der Waals surface area contributed by atoms with Crippen molar-refractivity contribution in [2.24, 2.45) is 0 Å². The van der Waals surface area contributed by atoms with Gasteiger partial charge in [0.15, 0.2) is 0 Å². The number of halogens is 5. The molecule has 0 saturated carbocycles. The molecule has 130 valence electrons. The Morgan fingerprint density at radius 1 is 1.08 bits per heavy atom. The van der Waals surface area contributed by atoms with E-state index in [1.54, 1.807) is 6.07 Å². The van der Waals surface area contributed by atoms with Crippen molar-refractivity contribution < 1.29 is 18.0 Å². The average Bonchev–Trinajstić information content (AvgIpc) is 2.55. The monoisotopic (exact) mass is 386 g/mol. The van der Waals surface area contributed by atoms with E-state index in [9.17, 15) is 18.0 Å². The molecule has 3 nitrogen and oxygen atoms in total. The van der Waals surface area contributed by atoms with Gasteiger partial charge in [-0.1, -0.05) is 41.1 Å². The predicted molar refractivity (Wildman–Crippen MR) is 91.8 cm³/mol. The van der Waals surface area contributed by atoms with Crippen molar-refractivity contribution in [1.29, 1.82) is 0 Å². The van der Waals surface area contributed by atoms with Crippen LogP contribution in [0.2, 0.25) is 10.0 Å². The maximum Gasteiger partial charge on any atom is 0.416 e. The van der Waals surface area contributed by atoms with Crippen molar-refractivity contribution in [2.75, 3.05) is 11.9 Å². The first-order valence-corrected chi connectivity index (χ1v) is 7.67. The number of nitrogens with one attached hydrogen (secondary N) is 2. The standard InChI is InChI=1S/C17H11Cl2F3N2O/c18-14-7-6-13(10-15(14)19)24-16(25)23-8-2-4-11-3-1-5-12(9-11)17(20,21)22/h1,3,5-7,9-10H,8H2,(H2,23,24,25). The molecular formula is C17H11Cl2F3N2O. The maximum atomic E-state index is 12.6. The molecule has 0 aliphatic heterocycles. The van der Waals surface area contributed by atoms with E-state index in [0.717, 1.165) is 12.1 Å². The molecular weight excluding hydrogens is 376 g/mol. The minimum absolute atomic E-state index is 0.0383. The lowest BCUT2D eigenvalue weighted by Crippen LogP contribution is -2.28. The SMILES string of the molecule is O=C(NCC#Cc1cccc(C(F)(F)F)c1)Nc1ccc(Cl)c(Cl)c1. The van der Waals surface area contributed by atoms with Crippen LogP contribution in [-0.4, -0.2) is 12.6 Å². The third kappa shape index (κ3) is 5.89. The number of rotatable bonds is 2. The molecule has 2 rings (SSSR count). The fourth-order valence-corrected chi connectivity index (χ4v) is 2.09. The fraction of sp³-hybridized carbons (Fsp3) is 0.118. The lowest BCUT2D eigenvalue weighted by atomic mass is 10.1. The van der Waals surface area contributed by atoms with Crippen LogP contribution >= 0.6 is 23.2 Å². The van der Waals surface area contributed by atoms with Crippen LogP contribution in [-0.2, 0) is 6.18 Å². The summed E-state index contributed by atoms with van der Waals surface area (Å²) in [5.74, 6) is 5.14. The number of alkyl halides is 3. The number of carbonyl (C=O) groups is 1. The summed E-state index contributed by atoms with van der Waals surface area (Å²) < 4.78 is 37.8. The van der Waals surface area contributed by atoms with E-state index < -0.39 is 17.8 Å². The molecule has 2 aromatic carbocycles. The molecule has 0 aromatic heterocycles. The van der Waals surface area contributed by atoms with E-state index in [1.165, 1.54) is 24.3 Å². The minimum Gasteiger partial charge on any atom is -0.327 e. The molecule has 8 heteroatoms. The van der Waals surface area contributed by atoms with Gasteiger partial charge in [-0.05, 0) is 36.4 Å². The summed E-state index contributed by atoms with van der Waals surface area (Å²) in [6.45, 7) is -0.0383. The lowest BCUT2D eigenvalue weighted by Gasteiger charge is -2.06. The Bertz CT molecular complexity index is 842. The van der Waals surface area contributed by atoms with Crippen LogP contribution in [0.5, 0.6) is 0 Å². The summed E-state index contributed by atoms with van der Waals surface area (Å²) in [7, 11) is 0. The third-order valence-corrected chi connectivity index (χ3v) is 3.68. The molecule has 0 radical (unpaired) electrons. The Morgan fingerprint density at radius 2 is 1.84 bits per heavy atom. The minimum atomic E-state index is -4.42.